The quantitative estimate of drug-likeness (QED) is 0.797. The predicted molar refractivity (Wildman–Crippen MR) is 83.6 cm³/mol. The summed E-state index contributed by atoms with van der Waals surface area (Å²) in [5.41, 5.74) is 9.30. The first kappa shape index (κ1) is 14.7. The van der Waals surface area contributed by atoms with E-state index in [2.05, 4.69) is 31.9 Å². The van der Waals surface area contributed by atoms with Crippen molar-refractivity contribution in [2.24, 2.45) is 5.73 Å². The van der Waals surface area contributed by atoms with Gasteiger partial charge in [0.1, 0.15) is 5.82 Å². The molecule has 0 saturated heterocycles. The SMILES string of the molecule is Cc1ccc(C(N)Cc2cccc(F)c2Br)c(Br)c1. The van der Waals surface area contributed by atoms with Crippen LogP contribution in [0.4, 0.5) is 4.39 Å². The molecule has 19 heavy (non-hydrogen) atoms. The Hall–Kier alpha value is -0.710. The Morgan fingerprint density at radius 1 is 1.21 bits per heavy atom. The minimum absolute atomic E-state index is 0.173. The Kier molecular flexibility index (Phi) is 4.76. The Labute approximate surface area is 129 Å². The molecule has 100 valence electrons. The third kappa shape index (κ3) is 3.44. The Morgan fingerprint density at radius 3 is 2.63 bits per heavy atom. The van der Waals surface area contributed by atoms with E-state index in [0.717, 1.165) is 15.6 Å². The van der Waals surface area contributed by atoms with Crippen LogP contribution >= 0.6 is 31.9 Å². The van der Waals surface area contributed by atoms with Crippen LogP contribution in [0.2, 0.25) is 0 Å². The summed E-state index contributed by atoms with van der Waals surface area (Å²) < 4.78 is 15.0. The van der Waals surface area contributed by atoms with Gasteiger partial charge in [0.05, 0.1) is 4.47 Å². The summed E-state index contributed by atoms with van der Waals surface area (Å²) in [6.07, 6.45) is 0.583. The van der Waals surface area contributed by atoms with Crippen LogP contribution in [-0.2, 0) is 6.42 Å². The lowest BCUT2D eigenvalue weighted by molar-refractivity contribution is 0.614. The molecular formula is C15H14Br2FN. The van der Waals surface area contributed by atoms with Gasteiger partial charge in [-0.25, -0.2) is 4.39 Å². The maximum Gasteiger partial charge on any atom is 0.137 e. The van der Waals surface area contributed by atoms with Crippen molar-refractivity contribution in [2.75, 3.05) is 0 Å². The second-order valence-corrected chi connectivity index (χ2v) is 6.20. The van der Waals surface area contributed by atoms with Gasteiger partial charge in [0.25, 0.3) is 0 Å². The van der Waals surface area contributed by atoms with Crippen molar-refractivity contribution >= 4 is 31.9 Å². The molecule has 0 bridgehead atoms. The van der Waals surface area contributed by atoms with E-state index >= 15 is 0 Å². The second-order valence-electron chi connectivity index (χ2n) is 4.55. The zero-order valence-electron chi connectivity index (χ0n) is 10.5. The van der Waals surface area contributed by atoms with Crippen molar-refractivity contribution in [3.05, 3.63) is 67.9 Å². The maximum absolute atomic E-state index is 13.5. The summed E-state index contributed by atoms with van der Waals surface area (Å²) in [5, 5.41) is 0. The first-order valence-electron chi connectivity index (χ1n) is 5.93. The van der Waals surface area contributed by atoms with Gasteiger partial charge in [-0.1, -0.05) is 40.2 Å². The molecule has 0 aliphatic heterocycles. The van der Waals surface area contributed by atoms with Gasteiger partial charge in [0.2, 0.25) is 0 Å². The molecule has 1 atom stereocenters. The average molecular weight is 387 g/mol. The monoisotopic (exact) mass is 385 g/mol. The summed E-state index contributed by atoms with van der Waals surface area (Å²) in [5.74, 6) is -0.257. The number of rotatable bonds is 3. The van der Waals surface area contributed by atoms with Crippen molar-refractivity contribution in [1.29, 1.82) is 0 Å². The highest BCUT2D eigenvalue weighted by atomic mass is 79.9. The van der Waals surface area contributed by atoms with Gasteiger partial charge >= 0.3 is 0 Å². The van der Waals surface area contributed by atoms with Crippen molar-refractivity contribution in [3.63, 3.8) is 0 Å². The molecule has 0 fully saturated rings. The lowest BCUT2D eigenvalue weighted by atomic mass is 9.99. The maximum atomic E-state index is 13.5. The van der Waals surface area contributed by atoms with Gasteiger partial charge in [-0.15, -0.1) is 0 Å². The predicted octanol–water partition coefficient (Wildman–Crippen LogP) is 4.90. The first-order chi connectivity index (χ1) is 8.99. The van der Waals surface area contributed by atoms with E-state index in [1.54, 1.807) is 6.07 Å². The molecule has 0 saturated carbocycles. The molecule has 2 aromatic carbocycles. The van der Waals surface area contributed by atoms with E-state index < -0.39 is 0 Å². The summed E-state index contributed by atoms with van der Waals surface area (Å²) in [7, 11) is 0. The highest BCUT2D eigenvalue weighted by Crippen LogP contribution is 2.28. The standard InChI is InChI=1S/C15H14Br2FN/c1-9-5-6-11(12(16)7-9)14(19)8-10-3-2-4-13(18)15(10)17/h2-7,14H,8,19H2,1H3. The summed E-state index contributed by atoms with van der Waals surface area (Å²) in [6.45, 7) is 2.03. The van der Waals surface area contributed by atoms with Gasteiger partial charge in [-0.3, -0.25) is 0 Å². The summed E-state index contributed by atoms with van der Waals surface area (Å²) in [4.78, 5) is 0. The molecule has 0 heterocycles. The van der Waals surface area contributed by atoms with Crippen LogP contribution < -0.4 is 5.73 Å². The zero-order valence-corrected chi connectivity index (χ0v) is 13.6. The summed E-state index contributed by atoms with van der Waals surface area (Å²) >= 11 is 6.80. The third-order valence-electron chi connectivity index (χ3n) is 3.03. The topological polar surface area (TPSA) is 26.0 Å². The van der Waals surface area contributed by atoms with E-state index in [4.69, 9.17) is 5.73 Å². The molecular weight excluding hydrogens is 373 g/mol. The van der Waals surface area contributed by atoms with E-state index in [1.165, 1.54) is 11.6 Å². The van der Waals surface area contributed by atoms with E-state index in [9.17, 15) is 4.39 Å². The van der Waals surface area contributed by atoms with Crippen molar-refractivity contribution in [1.82, 2.24) is 0 Å². The van der Waals surface area contributed by atoms with Gasteiger partial charge < -0.3 is 5.73 Å². The number of hydrogen-bond donors (Lipinski definition) is 1. The normalized spacial score (nSPS) is 12.5. The fourth-order valence-corrected chi connectivity index (χ4v) is 3.20. The molecule has 2 rings (SSSR count). The molecule has 0 aliphatic rings. The van der Waals surface area contributed by atoms with Crippen LogP contribution in [-0.4, -0.2) is 0 Å². The Morgan fingerprint density at radius 2 is 1.95 bits per heavy atom. The van der Waals surface area contributed by atoms with E-state index in [-0.39, 0.29) is 11.9 Å². The molecule has 1 unspecified atom stereocenters. The molecule has 2 N–H and O–H groups in total. The first-order valence-corrected chi connectivity index (χ1v) is 7.52. The molecule has 0 aromatic heterocycles. The van der Waals surface area contributed by atoms with Gasteiger partial charge in [0.15, 0.2) is 0 Å². The molecule has 0 spiro atoms. The van der Waals surface area contributed by atoms with Crippen LogP contribution in [0.1, 0.15) is 22.7 Å². The fraction of sp³-hybridized carbons (Fsp3) is 0.200. The minimum atomic E-state index is -0.257. The van der Waals surface area contributed by atoms with Crippen molar-refractivity contribution in [2.45, 2.75) is 19.4 Å². The average Bonchev–Trinajstić information content (AvgIpc) is 2.34. The highest BCUT2D eigenvalue weighted by molar-refractivity contribution is 9.10. The second kappa shape index (κ2) is 6.16. The molecule has 0 radical (unpaired) electrons. The van der Waals surface area contributed by atoms with Crippen LogP contribution in [0.5, 0.6) is 0 Å². The fourth-order valence-electron chi connectivity index (χ4n) is 1.99. The molecule has 4 heteroatoms. The number of hydrogen-bond acceptors (Lipinski definition) is 1. The van der Waals surface area contributed by atoms with Crippen molar-refractivity contribution < 1.29 is 4.39 Å². The van der Waals surface area contributed by atoms with Crippen LogP contribution in [0.15, 0.2) is 45.3 Å². The minimum Gasteiger partial charge on any atom is -0.324 e. The molecule has 0 amide bonds. The Bertz CT molecular complexity index is 599. The van der Waals surface area contributed by atoms with Gasteiger partial charge in [-0.2, -0.15) is 0 Å². The zero-order chi connectivity index (χ0) is 14.0. The number of halogens is 3. The number of benzene rings is 2. The molecule has 1 nitrogen and oxygen atoms in total. The molecule has 0 aliphatic carbocycles. The lowest BCUT2D eigenvalue weighted by Gasteiger charge is -2.15. The third-order valence-corrected chi connectivity index (χ3v) is 4.60. The highest BCUT2D eigenvalue weighted by Gasteiger charge is 2.13. The summed E-state index contributed by atoms with van der Waals surface area (Å²) in [6, 6.07) is 10.9. The smallest absolute Gasteiger partial charge is 0.137 e. The van der Waals surface area contributed by atoms with Crippen LogP contribution in [0.25, 0.3) is 0 Å². The van der Waals surface area contributed by atoms with Gasteiger partial charge in [-0.05, 0) is 58.1 Å². The van der Waals surface area contributed by atoms with Crippen LogP contribution in [0, 0.1) is 12.7 Å². The van der Waals surface area contributed by atoms with Gasteiger partial charge in [0, 0.05) is 10.5 Å². The van der Waals surface area contributed by atoms with Crippen LogP contribution in [0.3, 0.4) is 0 Å². The lowest BCUT2D eigenvalue weighted by Crippen LogP contribution is -2.14. The number of nitrogens with two attached hydrogens (primary N) is 1. The largest absolute Gasteiger partial charge is 0.324 e. The number of aryl methyl sites for hydroxylation is 1. The Balaban J connectivity index is 2.25. The van der Waals surface area contributed by atoms with E-state index in [0.29, 0.717) is 10.9 Å². The molecule has 2 aromatic rings. The van der Waals surface area contributed by atoms with Crippen molar-refractivity contribution in [3.8, 4) is 0 Å². The van der Waals surface area contributed by atoms with E-state index in [1.807, 2.05) is 31.2 Å².